The van der Waals surface area contributed by atoms with Crippen LogP contribution in [0.2, 0.25) is 0 Å². The topological polar surface area (TPSA) is 0 Å². The van der Waals surface area contributed by atoms with Crippen LogP contribution in [0.5, 0.6) is 0 Å². The Morgan fingerprint density at radius 3 is 1.76 bits per heavy atom. The highest BCUT2D eigenvalue weighted by atomic mass is 79.9. The van der Waals surface area contributed by atoms with Crippen LogP contribution in [-0.2, 0) is 0 Å². The van der Waals surface area contributed by atoms with Crippen molar-refractivity contribution in [2.45, 2.75) is 0 Å². The molecule has 0 saturated carbocycles. The summed E-state index contributed by atoms with van der Waals surface area (Å²) < 4.78 is 1.11. The Kier molecular flexibility index (Phi) is 4.34. The molecule has 0 amide bonds. The summed E-state index contributed by atoms with van der Waals surface area (Å²) in [5.41, 5.74) is 2.42. The van der Waals surface area contributed by atoms with Gasteiger partial charge in [0.15, 0.2) is 0 Å². The standard InChI is InChI=1S/C16H13Br/c17-16-12-10-15(11-13-16)9-5-4-8-14-6-2-1-3-7-14/h1-13H/b8-4+,9-5-. The van der Waals surface area contributed by atoms with Crippen molar-refractivity contribution in [2.75, 3.05) is 0 Å². The van der Waals surface area contributed by atoms with Gasteiger partial charge in [-0.25, -0.2) is 0 Å². The van der Waals surface area contributed by atoms with E-state index in [-0.39, 0.29) is 0 Å². The molecule has 2 rings (SSSR count). The molecule has 0 aliphatic carbocycles. The zero-order valence-corrected chi connectivity index (χ0v) is 11.0. The lowest BCUT2D eigenvalue weighted by Gasteiger charge is -1.92. The Bertz CT molecular complexity index is 507. The van der Waals surface area contributed by atoms with E-state index < -0.39 is 0 Å². The molecule has 0 saturated heterocycles. The van der Waals surface area contributed by atoms with Crippen LogP contribution >= 0.6 is 15.9 Å². The second kappa shape index (κ2) is 6.21. The summed E-state index contributed by atoms with van der Waals surface area (Å²) in [7, 11) is 0. The molecule has 0 bridgehead atoms. The first-order chi connectivity index (χ1) is 8.34. The lowest BCUT2D eigenvalue weighted by Crippen LogP contribution is -1.70. The Morgan fingerprint density at radius 1 is 0.647 bits per heavy atom. The monoisotopic (exact) mass is 284 g/mol. The molecule has 0 N–H and O–H groups in total. The van der Waals surface area contributed by atoms with Gasteiger partial charge in [0, 0.05) is 4.47 Å². The van der Waals surface area contributed by atoms with Gasteiger partial charge in [-0.05, 0) is 23.3 Å². The van der Waals surface area contributed by atoms with Crippen molar-refractivity contribution in [2.24, 2.45) is 0 Å². The number of halogens is 1. The SMILES string of the molecule is Brc1ccc(/C=C\C=C\c2ccccc2)cc1. The van der Waals surface area contributed by atoms with Crippen molar-refractivity contribution < 1.29 is 0 Å². The molecule has 0 nitrogen and oxygen atoms in total. The van der Waals surface area contributed by atoms with Crippen LogP contribution in [0.1, 0.15) is 11.1 Å². The minimum atomic E-state index is 1.11. The van der Waals surface area contributed by atoms with Crippen LogP contribution in [0.3, 0.4) is 0 Å². The molecular weight excluding hydrogens is 272 g/mol. The third-order valence-corrected chi connectivity index (χ3v) is 2.89. The minimum Gasteiger partial charge on any atom is -0.0622 e. The third kappa shape index (κ3) is 4.04. The smallest absolute Gasteiger partial charge is 0.0175 e. The van der Waals surface area contributed by atoms with Crippen molar-refractivity contribution in [3.8, 4) is 0 Å². The average molecular weight is 285 g/mol. The van der Waals surface area contributed by atoms with E-state index in [0.29, 0.717) is 0 Å². The zero-order valence-electron chi connectivity index (χ0n) is 9.38. The van der Waals surface area contributed by atoms with E-state index >= 15 is 0 Å². The molecule has 84 valence electrons. The summed E-state index contributed by atoms with van der Waals surface area (Å²) in [4.78, 5) is 0. The molecule has 0 atom stereocenters. The summed E-state index contributed by atoms with van der Waals surface area (Å²) in [5.74, 6) is 0. The lowest BCUT2D eigenvalue weighted by atomic mass is 10.2. The van der Waals surface area contributed by atoms with Crippen LogP contribution in [-0.4, -0.2) is 0 Å². The molecule has 0 aromatic heterocycles. The predicted molar refractivity (Wildman–Crippen MR) is 78.7 cm³/mol. The van der Waals surface area contributed by atoms with Gasteiger partial charge in [-0.2, -0.15) is 0 Å². The first-order valence-corrected chi connectivity index (χ1v) is 6.29. The molecule has 0 unspecified atom stereocenters. The van der Waals surface area contributed by atoms with Crippen molar-refractivity contribution in [3.63, 3.8) is 0 Å². The van der Waals surface area contributed by atoms with E-state index in [1.807, 2.05) is 30.3 Å². The Morgan fingerprint density at radius 2 is 1.18 bits per heavy atom. The molecule has 0 aliphatic rings. The van der Waals surface area contributed by atoms with Crippen LogP contribution in [0, 0.1) is 0 Å². The fraction of sp³-hybridized carbons (Fsp3) is 0. The molecule has 2 aromatic rings. The first-order valence-electron chi connectivity index (χ1n) is 5.50. The maximum atomic E-state index is 3.42. The van der Waals surface area contributed by atoms with E-state index in [1.165, 1.54) is 11.1 Å². The maximum absolute atomic E-state index is 3.42. The first kappa shape index (κ1) is 11.9. The Balaban J connectivity index is 1.98. The summed E-state index contributed by atoms with van der Waals surface area (Å²) in [6.45, 7) is 0. The van der Waals surface area contributed by atoms with Gasteiger partial charge in [0.2, 0.25) is 0 Å². The number of allylic oxidation sites excluding steroid dienone is 2. The quantitative estimate of drug-likeness (QED) is 0.682. The van der Waals surface area contributed by atoms with E-state index in [0.717, 1.165) is 4.47 Å². The molecule has 0 radical (unpaired) electrons. The highest BCUT2D eigenvalue weighted by Gasteiger charge is 1.86. The van der Waals surface area contributed by atoms with Crippen molar-refractivity contribution >= 4 is 28.1 Å². The fourth-order valence-electron chi connectivity index (χ4n) is 1.47. The predicted octanol–water partition coefficient (Wildman–Crippen LogP) is 5.18. The largest absolute Gasteiger partial charge is 0.0622 e. The van der Waals surface area contributed by atoms with Gasteiger partial charge in [-0.1, -0.05) is 82.7 Å². The van der Waals surface area contributed by atoms with Crippen molar-refractivity contribution in [1.29, 1.82) is 0 Å². The fourth-order valence-corrected chi connectivity index (χ4v) is 1.74. The number of benzene rings is 2. The van der Waals surface area contributed by atoms with Gasteiger partial charge in [-0.3, -0.25) is 0 Å². The summed E-state index contributed by atoms with van der Waals surface area (Å²) in [6.07, 6.45) is 8.29. The van der Waals surface area contributed by atoms with Gasteiger partial charge in [-0.15, -0.1) is 0 Å². The summed E-state index contributed by atoms with van der Waals surface area (Å²) in [6, 6.07) is 18.5. The van der Waals surface area contributed by atoms with Crippen molar-refractivity contribution in [1.82, 2.24) is 0 Å². The average Bonchev–Trinajstić information content (AvgIpc) is 2.38. The molecule has 1 heteroatoms. The van der Waals surface area contributed by atoms with Gasteiger partial charge < -0.3 is 0 Å². The third-order valence-electron chi connectivity index (χ3n) is 2.36. The summed E-state index contributed by atoms with van der Waals surface area (Å²) >= 11 is 3.42. The second-order valence-corrected chi connectivity index (χ2v) is 4.60. The van der Waals surface area contributed by atoms with E-state index in [4.69, 9.17) is 0 Å². The maximum Gasteiger partial charge on any atom is 0.0175 e. The normalized spacial score (nSPS) is 11.4. The van der Waals surface area contributed by atoms with E-state index in [2.05, 4.69) is 64.5 Å². The number of hydrogen-bond donors (Lipinski definition) is 0. The minimum absolute atomic E-state index is 1.11. The zero-order chi connectivity index (χ0) is 11.9. The van der Waals surface area contributed by atoms with E-state index in [9.17, 15) is 0 Å². The van der Waals surface area contributed by atoms with Crippen LogP contribution in [0.25, 0.3) is 12.2 Å². The molecular formula is C16H13Br. The summed E-state index contributed by atoms with van der Waals surface area (Å²) in [5, 5.41) is 0. The molecule has 0 fully saturated rings. The van der Waals surface area contributed by atoms with Gasteiger partial charge in [0.25, 0.3) is 0 Å². The molecule has 2 aromatic carbocycles. The molecule has 0 aliphatic heterocycles. The molecule has 0 heterocycles. The van der Waals surface area contributed by atoms with Crippen LogP contribution in [0.15, 0.2) is 71.2 Å². The van der Waals surface area contributed by atoms with Gasteiger partial charge in [0.1, 0.15) is 0 Å². The van der Waals surface area contributed by atoms with Crippen molar-refractivity contribution in [3.05, 3.63) is 82.3 Å². The van der Waals surface area contributed by atoms with E-state index in [1.54, 1.807) is 0 Å². The highest BCUT2D eigenvalue weighted by molar-refractivity contribution is 9.10. The van der Waals surface area contributed by atoms with Gasteiger partial charge in [0.05, 0.1) is 0 Å². The highest BCUT2D eigenvalue weighted by Crippen LogP contribution is 2.11. The number of rotatable bonds is 3. The second-order valence-electron chi connectivity index (χ2n) is 3.68. The van der Waals surface area contributed by atoms with Gasteiger partial charge >= 0.3 is 0 Å². The lowest BCUT2D eigenvalue weighted by molar-refractivity contribution is 1.61. The molecule has 0 spiro atoms. The molecule has 17 heavy (non-hydrogen) atoms. The number of hydrogen-bond acceptors (Lipinski definition) is 0. The Labute approximate surface area is 110 Å². The van der Waals surface area contributed by atoms with Crippen LogP contribution < -0.4 is 0 Å². The Hall–Kier alpha value is -1.60. The van der Waals surface area contributed by atoms with Crippen LogP contribution in [0.4, 0.5) is 0 Å².